The van der Waals surface area contributed by atoms with Crippen LogP contribution >= 0.6 is 0 Å². The predicted octanol–water partition coefficient (Wildman–Crippen LogP) is -0.134. The zero-order chi connectivity index (χ0) is 12.3. The molecule has 2 atom stereocenters. The Morgan fingerprint density at radius 1 is 1.24 bits per heavy atom. The molecular weight excluding hydrogens is 218 g/mol. The zero-order valence-electron chi connectivity index (χ0n) is 10.4. The molecule has 0 radical (unpaired) electrons. The molecule has 17 heavy (non-hydrogen) atoms. The van der Waals surface area contributed by atoms with Gasteiger partial charge in [0.1, 0.15) is 6.04 Å². The zero-order valence-corrected chi connectivity index (χ0v) is 10.4. The molecule has 5 heteroatoms. The van der Waals surface area contributed by atoms with Gasteiger partial charge in [-0.15, -0.1) is 0 Å². The summed E-state index contributed by atoms with van der Waals surface area (Å²) in [7, 11) is 1.63. The molecule has 2 fully saturated rings. The second-order valence-corrected chi connectivity index (χ2v) is 4.81. The Hall–Kier alpha value is -1.10. The second-order valence-electron chi connectivity index (χ2n) is 4.81. The average Bonchev–Trinajstić information content (AvgIpc) is 2.91. The van der Waals surface area contributed by atoms with E-state index in [4.69, 9.17) is 0 Å². The van der Waals surface area contributed by atoms with Crippen molar-refractivity contribution in [3.8, 4) is 0 Å². The Morgan fingerprint density at radius 3 is 2.71 bits per heavy atom. The Balaban J connectivity index is 2.04. The Morgan fingerprint density at radius 2 is 2.06 bits per heavy atom. The molecule has 0 saturated carbocycles. The summed E-state index contributed by atoms with van der Waals surface area (Å²) in [6.07, 6.45) is 4.77. The van der Waals surface area contributed by atoms with E-state index in [0.29, 0.717) is 0 Å². The van der Waals surface area contributed by atoms with Gasteiger partial charge < -0.3 is 15.5 Å². The van der Waals surface area contributed by atoms with Gasteiger partial charge in [0.2, 0.25) is 11.8 Å². The first-order valence-electron chi connectivity index (χ1n) is 6.49. The van der Waals surface area contributed by atoms with Crippen molar-refractivity contribution in [2.45, 2.75) is 44.2 Å². The fourth-order valence-electron chi connectivity index (χ4n) is 2.73. The molecule has 96 valence electrons. The number of likely N-dealkylation sites (tertiary alicyclic amines) is 1. The molecule has 2 aliphatic heterocycles. The molecule has 0 aromatic carbocycles. The van der Waals surface area contributed by atoms with Crippen molar-refractivity contribution in [2.24, 2.45) is 0 Å². The Bertz CT molecular complexity index is 300. The molecule has 2 amide bonds. The van der Waals surface area contributed by atoms with E-state index in [9.17, 15) is 9.59 Å². The first-order chi connectivity index (χ1) is 8.24. The van der Waals surface area contributed by atoms with Gasteiger partial charge in [-0.1, -0.05) is 0 Å². The van der Waals surface area contributed by atoms with Gasteiger partial charge in [-0.3, -0.25) is 9.59 Å². The quantitative estimate of drug-likeness (QED) is 0.705. The van der Waals surface area contributed by atoms with Gasteiger partial charge in [-0.2, -0.15) is 0 Å². The maximum atomic E-state index is 12.3. The minimum Gasteiger partial charge on any atom is -0.357 e. The van der Waals surface area contributed by atoms with Gasteiger partial charge in [-0.05, 0) is 38.6 Å². The summed E-state index contributed by atoms with van der Waals surface area (Å²) in [6, 6.07) is -0.330. The van der Waals surface area contributed by atoms with Crippen molar-refractivity contribution in [1.29, 1.82) is 0 Å². The highest BCUT2D eigenvalue weighted by Crippen LogP contribution is 2.20. The molecule has 2 rings (SSSR count). The fourth-order valence-corrected chi connectivity index (χ4v) is 2.73. The number of nitrogens with zero attached hydrogens (tertiary/aromatic N) is 1. The molecule has 0 aromatic heterocycles. The minimum absolute atomic E-state index is 0.0314. The largest absolute Gasteiger partial charge is 0.357 e. The van der Waals surface area contributed by atoms with Crippen LogP contribution in [0, 0.1) is 0 Å². The first-order valence-corrected chi connectivity index (χ1v) is 6.49. The average molecular weight is 239 g/mol. The summed E-state index contributed by atoms with van der Waals surface area (Å²) in [5.41, 5.74) is 0. The fraction of sp³-hybridized carbons (Fsp3) is 0.833. The van der Waals surface area contributed by atoms with Gasteiger partial charge in [0.15, 0.2) is 0 Å². The van der Waals surface area contributed by atoms with Gasteiger partial charge in [0.05, 0.1) is 6.04 Å². The van der Waals surface area contributed by atoms with Crippen molar-refractivity contribution in [3.63, 3.8) is 0 Å². The van der Waals surface area contributed by atoms with Crippen LogP contribution in [0.25, 0.3) is 0 Å². The lowest BCUT2D eigenvalue weighted by Crippen LogP contribution is -2.55. The number of likely N-dealkylation sites (N-methyl/N-ethyl adjacent to an activating group) is 1. The maximum absolute atomic E-state index is 12.3. The van der Waals surface area contributed by atoms with Gasteiger partial charge in [-0.25, -0.2) is 0 Å². The molecule has 2 aliphatic rings. The predicted molar refractivity (Wildman–Crippen MR) is 64.4 cm³/mol. The molecular formula is C12H21N3O2. The third kappa shape index (κ3) is 2.60. The molecule has 5 nitrogen and oxygen atoms in total. The van der Waals surface area contributed by atoms with Crippen LogP contribution in [0.4, 0.5) is 0 Å². The minimum atomic E-state index is -0.261. The van der Waals surface area contributed by atoms with E-state index in [2.05, 4.69) is 10.6 Å². The maximum Gasteiger partial charge on any atom is 0.242 e. The topological polar surface area (TPSA) is 61.4 Å². The molecule has 0 aliphatic carbocycles. The van der Waals surface area contributed by atoms with Gasteiger partial charge in [0.25, 0.3) is 0 Å². The third-order valence-corrected chi connectivity index (χ3v) is 3.69. The highest BCUT2D eigenvalue weighted by atomic mass is 16.2. The van der Waals surface area contributed by atoms with Crippen LogP contribution in [0.2, 0.25) is 0 Å². The van der Waals surface area contributed by atoms with Gasteiger partial charge in [0, 0.05) is 13.6 Å². The molecule has 0 bridgehead atoms. The van der Waals surface area contributed by atoms with E-state index in [1.165, 1.54) is 0 Å². The number of hydrogen-bond acceptors (Lipinski definition) is 3. The summed E-state index contributed by atoms with van der Waals surface area (Å²) in [4.78, 5) is 25.9. The number of amides is 2. The number of hydrogen-bond donors (Lipinski definition) is 2. The van der Waals surface area contributed by atoms with Crippen molar-refractivity contribution in [1.82, 2.24) is 15.5 Å². The SMILES string of the molecule is CNC(=O)C1CCCCN1C(=O)C1CCCN1. The summed E-state index contributed by atoms with van der Waals surface area (Å²) >= 11 is 0. The van der Waals surface area contributed by atoms with E-state index < -0.39 is 0 Å². The summed E-state index contributed by atoms with van der Waals surface area (Å²) in [5.74, 6) is 0.0758. The van der Waals surface area contributed by atoms with Crippen molar-refractivity contribution < 1.29 is 9.59 Å². The monoisotopic (exact) mass is 239 g/mol. The first kappa shape index (κ1) is 12.4. The Labute approximate surface area is 102 Å². The van der Waals surface area contributed by atoms with Crippen LogP contribution in [0.3, 0.4) is 0 Å². The van der Waals surface area contributed by atoms with Crippen LogP contribution in [0.5, 0.6) is 0 Å². The molecule has 2 N–H and O–H groups in total. The lowest BCUT2D eigenvalue weighted by Gasteiger charge is -2.36. The van der Waals surface area contributed by atoms with Gasteiger partial charge >= 0.3 is 0 Å². The lowest BCUT2D eigenvalue weighted by molar-refractivity contribution is -0.143. The van der Waals surface area contributed by atoms with Crippen molar-refractivity contribution >= 4 is 11.8 Å². The van der Waals surface area contributed by atoms with Crippen molar-refractivity contribution in [2.75, 3.05) is 20.1 Å². The summed E-state index contributed by atoms with van der Waals surface area (Å²) in [6.45, 7) is 1.63. The summed E-state index contributed by atoms with van der Waals surface area (Å²) in [5, 5.41) is 5.87. The molecule has 2 unspecified atom stereocenters. The van der Waals surface area contributed by atoms with E-state index >= 15 is 0 Å². The van der Waals surface area contributed by atoms with Crippen LogP contribution in [-0.4, -0.2) is 48.9 Å². The normalized spacial score (nSPS) is 29.1. The smallest absolute Gasteiger partial charge is 0.242 e. The van der Waals surface area contributed by atoms with Crippen LogP contribution in [-0.2, 0) is 9.59 Å². The standard InChI is InChI=1S/C12H21N3O2/c1-13-11(16)10-6-2-3-8-15(10)12(17)9-5-4-7-14-9/h9-10,14H,2-8H2,1H3,(H,13,16). The third-order valence-electron chi connectivity index (χ3n) is 3.69. The van der Waals surface area contributed by atoms with E-state index in [0.717, 1.165) is 45.2 Å². The molecule has 2 saturated heterocycles. The lowest BCUT2D eigenvalue weighted by atomic mass is 10.00. The Kier molecular flexibility index (Phi) is 3.99. The van der Waals surface area contributed by atoms with E-state index in [1.807, 2.05) is 0 Å². The second kappa shape index (κ2) is 5.49. The molecule has 0 aromatic rings. The number of carbonyl (C=O) groups excluding carboxylic acids is 2. The highest BCUT2D eigenvalue weighted by molar-refractivity contribution is 5.90. The summed E-state index contributed by atoms with van der Waals surface area (Å²) < 4.78 is 0. The van der Waals surface area contributed by atoms with Crippen LogP contribution in [0.1, 0.15) is 32.1 Å². The number of nitrogens with one attached hydrogen (secondary N) is 2. The highest BCUT2D eigenvalue weighted by Gasteiger charge is 2.35. The molecule has 0 spiro atoms. The molecule has 2 heterocycles. The van der Waals surface area contributed by atoms with Crippen LogP contribution in [0.15, 0.2) is 0 Å². The van der Waals surface area contributed by atoms with Crippen LogP contribution < -0.4 is 10.6 Å². The van der Waals surface area contributed by atoms with E-state index in [-0.39, 0.29) is 23.9 Å². The number of piperidine rings is 1. The number of rotatable bonds is 2. The number of carbonyl (C=O) groups is 2. The van der Waals surface area contributed by atoms with E-state index in [1.54, 1.807) is 11.9 Å². The van der Waals surface area contributed by atoms with Crippen molar-refractivity contribution in [3.05, 3.63) is 0 Å².